The summed E-state index contributed by atoms with van der Waals surface area (Å²) in [7, 11) is 0. The van der Waals surface area contributed by atoms with Crippen molar-refractivity contribution in [1.82, 2.24) is 16.0 Å². The van der Waals surface area contributed by atoms with Gasteiger partial charge in [0.05, 0.1) is 19.2 Å². The molecule has 0 spiro atoms. The van der Waals surface area contributed by atoms with Crippen molar-refractivity contribution in [2.45, 2.75) is 148 Å². The van der Waals surface area contributed by atoms with E-state index in [0.717, 1.165) is 44.2 Å². The third kappa shape index (κ3) is 22.5. The zero-order valence-corrected chi connectivity index (χ0v) is 28.1. The van der Waals surface area contributed by atoms with E-state index in [0.29, 0.717) is 58.2 Å². The molecule has 2 amide bonds. The summed E-state index contributed by atoms with van der Waals surface area (Å²) in [6.07, 6.45) is 21.3. The minimum absolute atomic E-state index is 0.0180. The summed E-state index contributed by atoms with van der Waals surface area (Å²) in [5.74, 6) is -3.10. The normalized spacial score (nSPS) is 13.7. The van der Waals surface area contributed by atoms with Crippen LogP contribution in [0.3, 0.4) is 0 Å². The topological polar surface area (TPSA) is 188 Å². The summed E-state index contributed by atoms with van der Waals surface area (Å²) >= 11 is 0. The van der Waals surface area contributed by atoms with Crippen LogP contribution in [0.2, 0.25) is 0 Å². The molecule has 0 fully saturated rings. The van der Waals surface area contributed by atoms with E-state index in [4.69, 9.17) is 10.8 Å². The van der Waals surface area contributed by atoms with E-state index in [2.05, 4.69) is 16.0 Å². The zero-order chi connectivity index (χ0) is 33.8. The first kappa shape index (κ1) is 41.1. The van der Waals surface area contributed by atoms with Crippen molar-refractivity contribution in [3.63, 3.8) is 0 Å². The van der Waals surface area contributed by atoms with Crippen molar-refractivity contribution >= 4 is 29.4 Å². The maximum absolute atomic E-state index is 12.9. The van der Waals surface area contributed by atoms with Crippen molar-refractivity contribution in [1.29, 1.82) is 0 Å². The van der Waals surface area contributed by atoms with Crippen LogP contribution in [0.1, 0.15) is 148 Å². The van der Waals surface area contributed by atoms with E-state index in [1.807, 2.05) is 6.20 Å². The highest BCUT2D eigenvalue weighted by Crippen LogP contribution is 2.21. The summed E-state index contributed by atoms with van der Waals surface area (Å²) in [5, 5.41) is 27.2. The molecule has 7 N–H and O–H groups in total. The molecule has 0 aromatic rings. The fraction of sp³-hybridized carbons (Fsp3) is 0.800. The van der Waals surface area contributed by atoms with Gasteiger partial charge in [-0.1, -0.05) is 83.5 Å². The standard InChI is InChI=1S/C35H62N4O7/c36-35(46)29(26-40)24-32(42)28(23-31(41)21-20-30-25-37-27-39-30)17-15-16-22-38-33(43)18-13-11-9-7-5-3-1-2-4-6-8-10-12-14-19-34(44)45/h25,28-29,37,39-40H,1-24,26-27H2,(H2,36,46)(H,38,43)(H,44,45)/t28-,29+/m0/s1. The molecule has 264 valence electrons. The van der Waals surface area contributed by atoms with Crippen LogP contribution in [-0.2, 0) is 24.0 Å². The van der Waals surface area contributed by atoms with Crippen LogP contribution < -0.4 is 21.7 Å². The molecular formula is C35H62N4O7. The summed E-state index contributed by atoms with van der Waals surface area (Å²) in [6, 6.07) is 0. The van der Waals surface area contributed by atoms with E-state index < -0.39 is 30.3 Å². The van der Waals surface area contributed by atoms with Gasteiger partial charge in [0.15, 0.2) is 0 Å². The number of carboxylic acid groups (broad SMARTS) is 1. The van der Waals surface area contributed by atoms with E-state index in [1.54, 1.807) is 0 Å². The molecule has 0 unspecified atom stereocenters. The molecule has 0 aromatic heterocycles. The second-order valence-electron chi connectivity index (χ2n) is 12.8. The number of Topliss-reactive ketones (excluding diaryl/α,β-unsaturated/α-hetero) is 2. The Hall–Kier alpha value is -2.95. The number of aliphatic carboxylic acids is 1. The van der Waals surface area contributed by atoms with Gasteiger partial charge in [-0.2, -0.15) is 0 Å². The van der Waals surface area contributed by atoms with E-state index >= 15 is 0 Å². The largest absolute Gasteiger partial charge is 0.481 e. The van der Waals surface area contributed by atoms with Crippen LogP contribution in [-0.4, -0.2) is 59.4 Å². The highest BCUT2D eigenvalue weighted by Gasteiger charge is 2.26. The first-order valence-electron chi connectivity index (χ1n) is 17.8. The van der Waals surface area contributed by atoms with Crippen LogP contribution in [0, 0.1) is 11.8 Å². The summed E-state index contributed by atoms with van der Waals surface area (Å²) in [5.41, 5.74) is 6.26. The van der Waals surface area contributed by atoms with Gasteiger partial charge in [-0.05, 0) is 32.1 Å². The van der Waals surface area contributed by atoms with Crippen LogP contribution in [0.25, 0.3) is 0 Å². The number of aliphatic hydroxyl groups excluding tert-OH is 1. The molecule has 11 nitrogen and oxygen atoms in total. The number of carboxylic acids is 1. The Balaban J connectivity index is 2.11. The fourth-order valence-electron chi connectivity index (χ4n) is 5.76. The number of hydrogen-bond acceptors (Lipinski definition) is 8. The van der Waals surface area contributed by atoms with Crippen molar-refractivity contribution in [3.8, 4) is 0 Å². The van der Waals surface area contributed by atoms with Gasteiger partial charge in [0.25, 0.3) is 0 Å². The number of nitrogens with two attached hydrogens (primary N) is 1. The molecule has 0 radical (unpaired) electrons. The second kappa shape index (κ2) is 27.2. The number of carbonyl (C=O) groups excluding carboxylic acids is 4. The Morgan fingerprint density at radius 2 is 1.30 bits per heavy atom. The first-order valence-corrected chi connectivity index (χ1v) is 17.8. The average Bonchev–Trinajstić information content (AvgIpc) is 3.55. The smallest absolute Gasteiger partial charge is 0.303 e. The number of hydrogen-bond donors (Lipinski definition) is 6. The van der Waals surface area contributed by atoms with Gasteiger partial charge < -0.3 is 31.9 Å². The van der Waals surface area contributed by atoms with Crippen molar-refractivity contribution < 1.29 is 34.2 Å². The number of unbranched alkanes of at least 4 members (excludes halogenated alkanes) is 14. The third-order valence-electron chi connectivity index (χ3n) is 8.71. The predicted molar refractivity (Wildman–Crippen MR) is 179 cm³/mol. The summed E-state index contributed by atoms with van der Waals surface area (Å²) in [6.45, 7) is 0.662. The lowest BCUT2D eigenvalue weighted by atomic mass is 9.86. The van der Waals surface area contributed by atoms with Gasteiger partial charge in [-0.25, -0.2) is 0 Å². The average molecular weight is 651 g/mol. The molecule has 2 atom stereocenters. The number of primary amides is 1. The molecule has 1 aliphatic heterocycles. The number of allylic oxidation sites excluding steroid dienone is 1. The number of amides is 2. The number of nitrogens with one attached hydrogen (secondary N) is 3. The molecule has 0 aliphatic carbocycles. The zero-order valence-electron chi connectivity index (χ0n) is 28.1. The molecule has 0 bridgehead atoms. The van der Waals surface area contributed by atoms with Gasteiger partial charge in [0.2, 0.25) is 11.8 Å². The second-order valence-corrected chi connectivity index (χ2v) is 12.8. The molecule has 1 heterocycles. The quantitative estimate of drug-likeness (QED) is 0.0545. The molecule has 0 aromatic carbocycles. The maximum Gasteiger partial charge on any atom is 0.303 e. The van der Waals surface area contributed by atoms with Crippen LogP contribution in [0.5, 0.6) is 0 Å². The summed E-state index contributed by atoms with van der Waals surface area (Å²) < 4.78 is 0. The van der Waals surface area contributed by atoms with Crippen LogP contribution in [0.4, 0.5) is 0 Å². The van der Waals surface area contributed by atoms with Gasteiger partial charge in [-0.15, -0.1) is 0 Å². The Morgan fingerprint density at radius 1 is 0.739 bits per heavy atom. The molecule has 1 rings (SSSR count). The molecule has 11 heteroatoms. The molecule has 0 saturated carbocycles. The van der Waals surface area contributed by atoms with E-state index in [1.165, 1.54) is 51.4 Å². The van der Waals surface area contributed by atoms with Crippen molar-refractivity contribution in [3.05, 3.63) is 11.9 Å². The lowest BCUT2D eigenvalue weighted by Gasteiger charge is -2.18. The van der Waals surface area contributed by atoms with Gasteiger partial charge >= 0.3 is 5.97 Å². The van der Waals surface area contributed by atoms with E-state index in [-0.39, 0.29) is 30.3 Å². The fourth-order valence-corrected chi connectivity index (χ4v) is 5.76. The number of aliphatic hydroxyl groups is 1. The number of rotatable bonds is 32. The predicted octanol–water partition coefficient (Wildman–Crippen LogP) is 5.00. The van der Waals surface area contributed by atoms with Crippen molar-refractivity contribution in [2.24, 2.45) is 17.6 Å². The highest BCUT2D eigenvalue weighted by atomic mass is 16.4. The Labute approximate surface area is 276 Å². The SMILES string of the molecule is NC(=O)[C@@H](CO)CC(=O)[C@@H](CCCCNC(=O)CCCCCCCCCCCCCCCCC(=O)O)CC(=O)CCC1=CNCN1. The number of carbonyl (C=O) groups is 5. The van der Waals surface area contributed by atoms with Gasteiger partial charge in [-0.3, -0.25) is 24.0 Å². The highest BCUT2D eigenvalue weighted by molar-refractivity contribution is 5.91. The monoisotopic (exact) mass is 650 g/mol. The Kier molecular flexibility index (Phi) is 24.3. The Morgan fingerprint density at radius 3 is 1.80 bits per heavy atom. The summed E-state index contributed by atoms with van der Waals surface area (Å²) in [4.78, 5) is 59.8. The van der Waals surface area contributed by atoms with Gasteiger partial charge in [0.1, 0.15) is 11.6 Å². The lowest BCUT2D eigenvalue weighted by molar-refractivity contribution is -0.137. The lowest BCUT2D eigenvalue weighted by Crippen LogP contribution is -2.31. The molecule has 0 saturated heterocycles. The third-order valence-corrected chi connectivity index (χ3v) is 8.71. The molecule has 46 heavy (non-hydrogen) atoms. The van der Waals surface area contributed by atoms with E-state index in [9.17, 15) is 29.1 Å². The molecular weight excluding hydrogens is 588 g/mol. The maximum atomic E-state index is 12.9. The number of ketones is 2. The minimum atomic E-state index is -0.945. The first-order chi connectivity index (χ1) is 22.2. The van der Waals surface area contributed by atoms with Crippen LogP contribution in [0.15, 0.2) is 11.9 Å². The van der Waals surface area contributed by atoms with Crippen LogP contribution >= 0.6 is 0 Å². The Bertz CT molecular complexity index is 925. The van der Waals surface area contributed by atoms with Crippen molar-refractivity contribution in [2.75, 3.05) is 19.8 Å². The van der Waals surface area contributed by atoms with Gasteiger partial charge in [0, 0.05) is 56.5 Å². The molecule has 1 aliphatic rings. The minimum Gasteiger partial charge on any atom is -0.481 e.